The lowest BCUT2D eigenvalue weighted by Gasteiger charge is -2.11. The van der Waals surface area contributed by atoms with Gasteiger partial charge in [-0.15, -0.1) is 0 Å². The summed E-state index contributed by atoms with van der Waals surface area (Å²) in [7, 11) is -2.17. The Kier molecular flexibility index (Phi) is 4.13. The van der Waals surface area contributed by atoms with Crippen molar-refractivity contribution in [3.63, 3.8) is 0 Å². The average Bonchev–Trinajstić information content (AvgIpc) is 2.30. The Bertz CT molecular complexity index is 155. The number of hydrogen-bond acceptors (Lipinski definition) is 2. The van der Waals surface area contributed by atoms with Gasteiger partial charge in [0.1, 0.15) is 0 Å². The van der Waals surface area contributed by atoms with Gasteiger partial charge in [0.15, 0.2) is 0 Å². The zero-order valence-corrected chi connectivity index (χ0v) is 8.17. The van der Waals surface area contributed by atoms with Crippen LogP contribution in [0.15, 0.2) is 0 Å². The van der Waals surface area contributed by atoms with Crippen LogP contribution in [0.25, 0.3) is 0 Å². The summed E-state index contributed by atoms with van der Waals surface area (Å²) in [5.41, 5.74) is 5.63. The molecule has 0 heterocycles. The Balaban J connectivity index is 2.42. The molecule has 12 heavy (non-hydrogen) atoms. The van der Waals surface area contributed by atoms with E-state index in [1.165, 1.54) is 25.7 Å². The van der Waals surface area contributed by atoms with E-state index in [0.29, 0.717) is 0 Å². The van der Waals surface area contributed by atoms with Crippen LogP contribution in [0.1, 0.15) is 38.5 Å². The molecule has 1 aliphatic carbocycles. The van der Waals surface area contributed by atoms with Gasteiger partial charge in [0, 0.05) is 5.92 Å². The maximum Gasteiger partial charge on any atom is 0.524 e. The highest BCUT2D eigenvalue weighted by Crippen LogP contribution is 2.33. The van der Waals surface area contributed by atoms with Crippen molar-refractivity contribution in [3.05, 3.63) is 0 Å². The summed E-state index contributed by atoms with van der Waals surface area (Å²) in [4.78, 5) is 8.85. The SMILES string of the molecule is NC(C1CCCCCC1)[P+](=O)O. The minimum Gasteiger partial charge on any atom is -0.285 e. The third kappa shape index (κ3) is 2.81. The zero-order valence-electron chi connectivity index (χ0n) is 7.28. The van der Waals surface area contributed by atoms with E-state index in [4.69, 9.17) is 10.6 Å². The van der Waals surface area contributed by atoms with Crippen LogP contribution in [0, 0.1) is 5.92 Å². The molecule has 70 valence electrons. The summed E-state index contributed by atoms with van der Waals surface area (Å²) in [6, 6.07) is 0. The quantitative estimate of drug-likeness (QED) is 0.517. The van der Waals surface area contributed by atoms with Crippen LogP contribution >= 0.6 is 8.03 Å². The molecule has 0 bridgehead atoms. The highest BCUT2D eigenvalue weighted by molar-refractivity contribution is 7.38. The van der Waals surface area contributed by atoms with E-state index >= 15 is 0 Å². The van der Waals surface area contributed by atoms with Crippen LogP contribution in [0.4, 0.5) is 0 Å². The van der Waals surface area contributed by atoms with Gasteiger partial charge >= 0.3 is 8.03 Å². The third-order valence-electron chi connectivity index (χ3n) is 2.64. The zero-order chi connectivity index (χ0) is 8.97. The molecule has 1 rings (SSSR count). The van der Waals surface area contributed by atoms with Gasteiger partial charge in [-0.25, -0.2) is 0 Å². The summed E-state index contributed by atoms with van der Waals surface area (Å²) in [6.45, 7) is 0. The number of rotatable bonds is 2. The van der Waals surface area contributed by atoms with Crippen molar-refractivity contribution < 1.29 is 9.46 Å². The van der Waals surface area contributed by atoms with E-state index in [9.17, 15) is 4.57 Å². The van der Waals surface area contributed by atoms with Crippen molar-refractivity contribution >= 4 is 8.03 Å². The molecule has 0 amide bonds. The molecule has 0 aromatic heterocycles. The van der Waals surface area contributed by atoms with Crippen LogP contribution in [-0.4, -0.2) is 10.7 Å². The van der Waals surface area contributed by atoms with Crippen molar-refractivity contribution in [1.82, 2.24) is 0 Å². The summed E-state index contributed by atoms with van der Waals surface area (Å²) in [5, 5.41) is 0. The normalized spacial score (nSPS) is 24.7. The highest BCUT2D eigenvalue weighted by Gasteiger charge is 2.33. The molecule has 1 fully saturated rings. The third-order valence-corrected chi connectivity index (χ3v) is 3.57. The average molecular weight is 190 g/mol. The van der Waals surface area contributed by atoms with E-state index in [0.717, 1.165) is 12.8 Å². The van der Waals surface area contributed by atoms with E-state index < -0.39 is 13.8 Å². The van der Waals surface area contributed by atoms with Crippen LogP contribution in [0.3, 0.4) is 0 Å². The topological polar surface area (TPSA) is 63.3 Å². The predicted octanol–water partition coefficient (Wildman–Crippen LogP) is 1.98. The van der Waals surface area contributed by atoms with Gasteiger partial charge in [0.2, 0.25) is 5.78 Å². The first kappa shape index (κ1) is 10.1. The molecule has 0 aliphatic heterocycles. The monoisotopic (exact) mass is 190 g/mol. The van der Waals surface area contributed by atoms with Gasteiger partial charge in [-0.05, 0) is 17.4 Å². The maximum atomic E-state index is 10.7. The molecule has 0 saturated heterocycles. The smallest absolute Gasteiger partial charge is 0.285 e. The Labute approximate surface area is 74.2 Å². The first-order valence-corrected chi connectivity index (χ1v) is 5.91. The van der Waals surface area contributed by atoms with Gasteiger partial charge in [-0.1, -0.05) is 25.7 Å². The van der Waals surface area contributed by atoms with Gasteiger partial charge in [0.05, 0.1) is 0 Å². The lowest BCUT2D eigenvalue weighted by molar-refractivity contribution is 0.404. The molecule has 2 unspecified atom stereocenters. The van der Waals surface area contributed by atoms with E-state index in [-0.39, 0.29) is 5.92 Å². The fourth-order valence-corrected chi connectivity index (χ4v) is 2.49. The minimum atomic E-state index is -2.17. The largest absolute Gasteiger partial charge is 0.524 e. The second kappa shape index (κ2) is 4.90. The van der Waals surface area contributed by atoms with Crippen molar-refractivity contribution in [2.45, 2.75) is 44.3 Å². The van der Waals surface area contributed by atoms with Gasteiger partial charge < -0.3 is 0 Å². The Morgan fingerprint density at radius 3 is 2.17 bits per heavy atom. The fraction of sp³-hybridized carbons (Fsp3) is 1.00. The molecule has 1 saturated carbocycles. The van der Waals surface area contributed by atoms with Crippen molar-refractivity contribution in [3.8, 4) is 0 Å². The molecule has 3 nitrogen and oxygen atoms in total. The molecule has 4 heteroatoms. The molecule has 0 aromatic carbocycles. The second-order valence-electron chi connectivity index (χ2n) is 3.54. The van der Waals surface area contributed by atoms with Crippen molar-refractivity contribution in [1.29, 1.82) is 0 Å². The van der Waals surface area contributed by atoms with Gasteiger partial charge in [-0.2, -0.15) is 4.89 Å². The van der Waals surface area contributed by atoms with E-state index in [1.54, 1.807) is 0 Å². The summed E-state index contributed by atoms with van der Waals surface area (Å²) in [6.07, 6.45) is 6.91. The van der Waals surface area contributed by atoms with E-state index in [1.807, 2.05) is 0 Å². The molecule has 2 atom stereocenters. The van der Waals surface area contributed by atoms with Crippen molar-refractivity contribution in [2.75, 3.05) is 0 Å². The Morgan fingerprint density at radius 1 is 1.25 bits per heavy atom. The second-order valence-corrected chi connectivity index (χ2v) is 4.75. The standard InChI is InChI=1S/C8H16NO2P/c9-8(12(10)11)7-5-3-1-2-4-6-7/h7-8H,1-6,9H2/p+1. The van der Waals surface area contributed by atoms with Crippen LogP contribution in [0.2, 0.25) is 0 Å². The molecule has 3 N–H and O–H groups in total. The molecule has 0 spiro atoms. The predicted molar refractivity (Wildman–Crippen MR) is 49.0 cm³/mol. The first-order valence-electron chi connectivity index (χ1n) is 4.62. The van der Waals surface area contributed by atoms with Crippen LogP contribution in [-0.2, 0) is 4.57 Å². The molecular weight excluding hydrogens is 173 g/mol. The summed E-state index contributed by atoms with van der Waals surface area (Å²) < 4.78 is 10.7. The van der Waals surface area contributed by atoms with Gasteiger partial charge in [0.25, 0.3) is 0 Å². The Morgan fingerprint density at radius 2 is 1.75 bits per heavy atom. The highest BCUT2D eigenvalue weighted by atomic mass is 31.1. The summed E-state index contributed by atoms with van der Waals surface area (Å²) >= 11 is 0. The molecule has 1 aliphatic rings. The van der Waals surface area contributed by atoms with E-state index in [2.05, 4.69) is 0 Å². The molecule has 0 aromatic rings. The number of nitrogens with two attached hydrogens (primary N) is 1. The van der Waals surface area contributed by atoms with Crippen LogP contribution in [0.5, 0.6) is 0 Å². The number of hydrogen-bond donors (Lipinski definition) is 2. The maximum absolute atomic E-state index is 10.7. The fourth-order valence-electron chi connectivity index (χ4n) is 1.83. The molecular formula is C8H17NO2P+. The van der Waals surface area contributed by atoms with Gasteiger partial charge in [-0.3, -0.25) is 5.73 Å². The molecule has 0 radical (unpaired) electrons. The first-order chi connectivity index (χ1) is 5.72. The van der Waals surface area contributed by atoms with Crippen LogP contribution < -0.4 is 5.73 Å². The lowest BCUT2D eigenvalue weighted by atomic mass is 10.0. The lowest BCUT2D eigenvalue weighted by Crippen LogP contribution is -2.26. The van der Waals surface area contributed by atoms with Crippen molar-refractivity contribution in [2.24, 2.45) is 11.7 Å². The Hall–Kier alpha value is 0.0200. The summed E-state index contributed by atoms with van der Waals surface area (Å²) in [5.74, 6) is -0.209. The minimum absolute atomic E-state index is 0.279.